The predicted octanol–water partition coefficient (Wildman–Crippen LogP) is 2.77. The Hall–Kier alpha value is -2.34. The van der Waals surface area contributed by atoms with Crippen molar-refractivity contribution in [3.8, 4) is 0 Å². The molecule has 3 rings (SSSR count). The van der Waals surface area contributed by atoms with Crippen LogP contribution < -0.4 is 5.32 Å². The highest BCUT2D eigenvalue weighted by molar-refractivity contribution is 7.99. The molecule has 1 amide bonds. The van der Waals surface area contributed by atoms with Crippen LogP contribution in [0.1, 0.15) is 5.56 Å². The van der Waals surface area contributed by atoms with Gasteiger partial charge < -0.3 is 5.32 Å². The third-order valence-electron chi connectivity index (χ3n) is 3.03. The van der Waals surface area contributed by atoms with Gasteiger partial charge in [-0.05, 0) is 30.7 Å². The van der Waals surface area contributed by atoms with Crippen LogP contribution >= 0.6 is 11.8 Å². The molecule has 2 aromatic heterocycles. The highest BCUT2D eigenvalue weighted by Crippen LogP contribution is 2.18. The number of aryl methyl sites for hydroxylation is 1. The van der Waals surface area contributed by atoms with E-state index >= 15 is 0 Å². The van der Waals surface area contributed by atoms with Crippen molar-refractivity contribution in [1.82, 2.24) is 14.6 Å². The Bertz CT molecular complexity index is 784. The van der Waals surface area contributed by atoms with Gasteiger partial charge in [0.2, 0.25) is 5.91 Å². The molecule has 1 N–H and O–H groups in total. The second-order valence-corrected chi connectivity index (χ2v) is 5.51. The maximum atomic E-state index is 12.0. The van der Waals surface area contributed by atoms with Crippen molar-refractivity contribution in [1.29, 1.82) is 0 Å². The van der Waals surface area contributed by atoms with Crippen molar-refractivity contribution in [3.05, 3.63) is 54.2 Å². The van der Waals surface area contributed by atoms with Gasteiger partial charge in [-0.1, -0.05) is 36.0 Å². The van der Waals surface area contributed by atoms with Crippen molar-refractivity contribution in [2.75, 3.05) is 11.1 Å². The van der Waals surface area contributed by atoms with Gasteiger partial charge in [0.25, 0.3) is 0 Å². The average molecular weight is 298 g/mol. The summed E-state index contributed by atoms with van der Waals surface area (Å²) in [5.74, 6) is 0.242. The summed E-state index contributed by atoms with van der Waals surface area (Å²) in [4.78, 5) is 12.0. The lowest BCUT2D eigenvalue weighted by molar-refractivity contribution is -0.113. The molecule has 0 aliphatic rings. The quantitative estimate of drug-likeness (QED) is 0.752. The molecule has 0 fully saturated rings. The Morgan fingerprint density at radius 1 is 1.19 bits per heavy atom. The van der Waals surface area contributed by atoms with Gasteiger partial charge >= 0.3 is 0 Å². The summed E-state index contributed by atoms with van der Waals surface area (Å²) in [6.07, 6.45) is 1.89. The monoisotopic (exact) mass is 298 g/mol. The third-order valence-corrected chi connectivity index (χ3v) is 3.98. The van der Waals surface area contributed by atoms with Crippen LogP contribution in [0.5, 0.6) is 0 Å². The SMILES string of the molecule is Cc1ccccc1NC(=O)CSc1nnc2ccccn12. The van der Waals surface area contributed by atoms with Crippen molar-refractivity contribution in [2.45, 2.75) is 12.1 Å². The Labute approximate surface area is 126 Å². The Morgan fingerprint density at radius 2 is 2.00 bits per heavy atom. The maximum absolute atomic E-state index is 12.0. The van der Waals surface area contributed by atoms with E-state index in [1.54, 1.807) is 0 Å². The molecule has 106 valence electrons. The van der Waals surface area contributed by atoms with E-state index in [1.165, 1.54) is 11.8 Å². The second kappa shape index (κ2) is 5.97. The summed E-state index contributed by atoms with van der Waals surface area (Å²) < 4.78 is 1.87. The number of para-hydroxylation sites is 1. The zero-order valence-electron chi connectivity index (χ0n) is 11.5. The molecule has 0 unspecified atom stereocenters. The van der Waals surface area contributed by atoms with Crippen LogP contribution in [0.15, 0.2) is 53.8 Å². The summed E-state index contributed by atoms with van der Waals surface area (Å²) in [6, 6.07) is 13.4. The minimum Gasteiger partial charge on any atom is -0.325 e. The fourth-order valence-corrected chi connectivity index (χ4v) is 2.67. The molecule has 0 bridgehead atoms. The number of amides is 1. The van der Waals surface area contributed by atoms with Crippen molar-refractivity contribution < 1.29 is 4.79 Å². The number of thioether (sulfide) groups is 1. The van der Waals surface area contributed by atoms with Crippen LogP contribution in [0.25, 0.3) is 5.65 Å². The van der Waals surface area contributed by atoms with E-state index in [4.69, 9.17) is 0 Å². The molecule has 6 heteroatoms. The van der Waals surface area contributed by atoms with Gasteiger partial charge in [-0.3, -0.25) is 9.20 Å². The van der Waals surface area contributed by atoms with Crippen LogP contribution in [-0.4, -0.2) is 26.3 Å². The number of carbonyl (C=O) groups is 1. The number of nitrogens with zero attached hydrogens (tertiary/aromatic N) is 3. The summed E-state index contributed by atoms with van der Waals surface area (Å²) in [5, 5.41) is 11.8. The molecular formula is C15H14N4OS. The van der Waals surface area contributed by atoms with E-state index in [9.17, 15) is 4.79 Å². The van der Waals surface area contributed by atoms with E-state index < -0.39 is 0 Å². The molecular weight excluding hydrogens is 284 g/mol. The first-order valence-electron chi connectivity index (χ1n) is 6.52. The number of rotatable bonds is 4. The summed E-state index contributed by atoms with van der Waals surface area (Å²) in [6.45, 7) is 1.97. The molecule has 0 aliphatic heterocycles. The largest absolute Gasteiger partial charge is 0.325 e. The van der Waals surface area contributed by atoms with Crippen LogP contribution in [0.3, 0.4) is 0 Å². The van der Waals surface area contributed by atoms with Crippen molar-refractivity contribution in [2.24, 2.45) is 0 Å². The minimum atomic E-state index is -0.0537. The Morgan fingerprint density at radius 3 is 2.86 bits per heavy atom. The summed E-state index contributed by atoms with van der Waals surface area (Å²) in [5.41, 5.74) is 2.66. The maximum Gasteiger partial charge on any atom is 0.234 e. The number of carbonyl (C=O) groups excluding carboxylic acids is 1. The fourth-order valence-electron chi connectivity index (χ4n) is 1.95. The first-order valence-corrected chi connectivity index (χ1v) is 7.50. The van der Waals surface area contributed by atoms with Crippen LogP contribution in [0.4, 0.5) is 5.69 Å². The van der Waals surface area contributed by atoms with E-state index in [1.807, 2.05) is 60.0 Å². The van der Waals surface area contributed by atoms with Crippen molar-refractivity contribution in [3.63, 3.8) is 0 Å². The molecule has 0 saturated heterocycles. The van der Waals surface area contributed by atoms with Crippen molar-refractivity contribution >= 4 is 29.0 Å². The smallest absolute Gasteiger partial charge is 0.234 e. The fraction of sp³-hybridized carbons (Fsp3) is 0.133. The highest BCUT2D eigenvalue weighted by Gasteiger charge is 2.09. The van der Waals surface area contributed by atoms with E-state index in [0.717, 1.165) is 16.9 Å². The molecule has 5 nitrogen and oxygen atoms in total. The number of hydrogen-bond acceptors (Lipinski definition) is 4. The van der Waals surface area contributed by atoms with Gasteiger partial charge in [-0.15, -0.1) is 10.2 Å². The molecule has 3 aromatic rings. The lowest BCUT2D eigenvalue weighted by Gasteiger charge is -2.07. The lowest BCUT2D eigenvalue weighted by atomic mass is 10.2. The number of fused-ring (bicyclic) bond motifs is 1. The number of anilines is 1. The molecule has 0 saturated carbocycles. The first kappa shape index (κ1) is 13.6. The molecule has 0 atom stereocenters. The van der Waals surface area contributed by atoms with E-state index in [2.05, 4.69) is 15.5 Å². The van der Waals surface area contributed by atoms with Crippen LogP contribution in [0, 0.1) is 6.92 Å². The molecule has 21 heavy (non-hydrogen) atoms. The lowest BCUT2D eigenvalue weighted by Crippen LogP contribution is -2.15. The number of pyridine rings is 1. The van der Waals surface area contributed by atoms with Gasteiger partial charge in [0.1, 0.15) is 0 Å². The van der Waals surface area contributed by atoms with Gasteiger partial charge in [0.15, 0.2) is 10.8 Å². The number of benzene rings is 1. The van der Waals surface area contributed by atoms with Gasteiger partial charge in [0.05, 0.1) is 5.75 Å². The molecule has 1 aromatic carbocycles. The van der Waals surface area contributed by atoms with Gasteiger partial charge in [-0.25, -0.2) is 0 Å². The number of nitrogens with one attached hydrogen (secondary N) is 1. The molecule has 0 radical (unpaired) electrons. The average Bonchev–Trinajstić information content (AvgIpc) is 2.91. The highest BCUT2D eigenvalue weighted by atomic mass is 32.2. The third kappa shape index (κ3) is 3.05. The van der Waals surface area contributed by atoms with Crippen LogP contribution in [-0.2, 0) is 4.79 Å². The minimum absolute atomic E-state index is 0.0537. The van der Waals surface area contributed by atoms with Crippen LogP contribution in [0.2, 0.25) is 0 Å². The number of hydrogen-bond donors (Lipinski definition) is 1. The molecule has 0 spiro atoms. The predicted molar refractivity (Wildman–Crippen MR) is 83.5 cm³/mol. The Balaban J connectivity index is 1.65. The Kier molecular flexibility index (Phi) is 3.87. The normalized spacial score (nSPS) is 10.7. The van der Waals surface area contributed by atoms with Gasteiger partial charge in [0, 0.05) is 11.9 Å². The molecule has 2 heterocycles. The first-order chi connectivity index (χ1) is 10.2. The summed E-state index contributed by atoms with van der Waals surface area (Å²) >= 11 is 1.37. The topological polar surface area (TPSA) is 59.3 Å². The van der Waals surface area contributed by atoms with Gasteiger partial charge in [-0.2, -0.15) is 0 Å². The number of aromatic nitrogens is 3. The van der Waals surface area contributed by atoms with E-state index in [-0.39, 0.29) is 5.91 Å². The second-order valence-electron chi connectivity index (χ2n) is 4.56. The zero-order valence-corrected chi connectivity index (χ0v) is 12.3. The standard InChI is InChI=1S/C15H14N4OS/c1-11-6-2-3-7-12(11)16-14(20)10-21-15-18-17-13-8-4-5-9-19(13)15/h2-9H,10H2,1H3,(H,16,20). The molecule has 0 aliphatic carbocycles. The van der Waals surface area contributed by atoms with E-state index in [0.29, 0.717) is 10.9 Å². The zero-order chi connectivity index (χ0) is 14.7. The summed E-state index contributed by atoms with van der Waals surface area (Å²) in [7, 11) is 0.